The lowest BCUT2D eigenvalue weighted by atomic mass is 10.4. The van der Waals surface area contributed by atoms with Crippen LogP contribution in [0.1, 0.15) is 19.9 Å². The molecule has 0 aliphatic heterocycles. The van der Waals surface area contributed by atoms with E-state index >= 15 is 0 Å². The molecule has 0 aliphatic carbocycles. The van der Waals surface area contributed by atoms with Crippen LogP contribution in [0.5, 0.6) is 0 Å². The van der Waals surface area contributed by atoms with Crippen LogP contribution in [0, 0.1) is 0 Å². The SMILES string of the molecule is CC(C)n1ccc(S(N)(=O)=O)n1. The van der Waals surface area contributed by atoms with Crippen LogP contribution in [0.25, 0.3) is 0 Å². The molecule has 0 saturated heterocycles. The molecule has 68 valence electrons. The first-order chi connectivity index (χ1) is 5.41. The van der Waals surface area contributed by atoms with E-state index in [-0.39, 0.29) is 11.1 Å². The first-order valence-corrected chi connectivity index (χ1v) is 5.04. The summed E-state index contributed by atoms with van der Waals surface area (Å²) in [7, 11) is -3.65. The second-order valence-electron chi connectivity index (χ2n) is 2.77. The number of rotatable bonds is 2. The molecular weight excluding hydrogens is 178 g/mol. The van der Waals surface area contributed by atoms with Gasteiger partial charge >= 0.3 is 0 Å². The number of nitrogens with two attached hydrogens (primary N) is 1. The molecule has 0 radical (unpaired) electrons. The minimum absolute atomic E-state index is 0.0869. The predicted molar refractivity (Wildman–Crippen MR) is 44.0 cm³/mol. The summed E-state index contributed by atoms with van der Waals surface area (Å²) in [6, 6.07) is 1.52. The number of aromatic nitrogens is 2. The van der Waals surface area contributed by atoms with Crippen molar-refractivity contribution in [3.05, 3.63) is 12.3 Å². The molecule has 0 saturated carbocycles. The Kier molecular flexibility index (Phi) is 2.20. The molecule has 6 heteroatoms. The van der Waals surface area contributed by atoms with Gasteiger partial charge in [0.05, 0.1) is 0 Å². The fourth-order valence-corrected chi connectivity index (χ4v) is 1.22. The molecule has 0 fully saturated rings. The zero-order valence-corrected chi connectivity index (χ0v) is 7.75. The summed E-state index contributed by atoms with van der Waals surface area (Å²) in [5.74, 6) is 0. The molecule has 2 N–H and O–H groups in total. The third-order valence-electron chi connectivity index (χ3n) is 1.40. The van der Waals surface area contributed by atoms with Crippen LogP contribution < -0.4 is 5.14 Å². The van der Waals surface area contributed by atoms with Crippen LogP contribution in [-0.2, 0) is 10.0 Å². The Morgan fingerprint density at radius 3 is 2.42 bits per heavy atom. The normalized spacial score (nSPS) is 12.3. The van der Waals surface area contributed by atoms with Crippen molar-refractivity contribution in [2.45, 2.75) is 24.9 Å². The molecule has 0 bridgehead atoms. The molecule has 1 heterocycles. The monoisotopic (exact) mass is 189 g/mol. The Hall–Kier alpha value is -0.880. The molecule has 12 heavy (non-hydrogen) atoms. The van der Waals surface area contributed by atoms with E-state index in [4.69, 9.17) is 5.14 Å². The van der Waals surface area contributed by atoms with E-state index in [1.165, 1.54) is 6.07 Å². The van der Waals surface area contributed by atoms with Crippen molar-refractivity contribution in [1.29, 1.82) is 0 Å². The summed E-state index contributed by atoms with van der Waals surface area (Å²) in [4.78, 5) is 0. The van der Waals surface area contributed by atoms with Gasteiger partial charge < -0.3 is 0 Å². The maximum Gasteiger partial charge on any atom is 0.257 e. The van der Waals surface area contributed by atoms with E-state index in [9.17, 15) is 8.42 Å². The topological polar surface area (TPSA) is 78.0 Å². The van der Waals surface area contributed by atoms with Crippen molar-refractivity contribution in [3.8, 4) is 0 Å². The average molecular weight is 189 g/mol. The van der Waals surface area contributed by atoms with Gasteiger partial charge in [-0.1, -0.05) is 0 Å². The van der Waals surface area contributed by atoms with Gasteiger partial charge in [0.15, 0.2) is 5.03 Å². The predicted octanol–water partition coefficient (Wildman–Crippen LogP) is 0.111. The highest BCUT2D eigenvalue weighted by molar-refractivity contribution is 7.89. The minimum atomic E-state index is -3.65. The van der Waals surface area contributed by atoms with Crippen molar-refractivity contribution in [1.82, 2.24) is 9.78 Å². The van der Waals surface area contributed by atoms with Crippen molar-refractivity contribution < 1.29 is 8.42 Å². The average Bonchev–Trinajstić information content (AvgIpc) is 2.30. The van der Waals surface area contributed by atoms with E-state index in [2.05, 4.69) is 5.10 Å². The van der Waals surface area contributed by atoms with E-state index in [0.29, 0.717) is 0 Å². The fourth-order valence-electron chi connectivity index (χ4n) is 0.760. The zero-order valence-electron chi connectivity index (χ0n) is 6.93. The smallest absolute Gasteiger partial charge is 0.257 e. The Labute approximate surface area is 71.2 Å². The summed E-state index contributed by atoms with van der Waals surface area (Å²) in [6.45, 7) is 3.81. The molecule has 5 nitrogen and oxygen atoms in total. The van der Waals surface area contributed by atoms with Crippen LogP contribution in [0.3, 0.4) is 0 Å². The Balaban J connectivity index is 3.09. The summed E-state index contributed by atoms with van der Waals surface area (Å²) in [5.41, 5.74) is 0. The van der Waals surface area contributed by atoms with Gasteiger partial charge in [0, 0.05) is 12.2 Å². The molecule has 1 rings (SSSR count). The lowest BCUT2D eigenvalue weighted by Crippen LogP contribution is -2.13. The van der Waals surface area contributed by atoms with Crippen molar-refractivity contribution in [2.24, 2.45) is 5.14 Å². The Morgan fingerprint density at radius 1 is 1.58 bits per heavy atom. The maximum atomic E-state index is 10.8. The van der Waals surface area contributed by atoms with Crippen LogP contribution in [0.15, 0.2) is 17.3 Å². The largest absolute Gasteiger partial charge is 0.269 e. The van der Waals surface area contributed by atoms with Crippen molar-refractivity contribution in [3.63, 3.8) is 0 Å². The van der Waals surface area contributed by atoms with E-state index in [1.807, 2.05) is 13.8 Å². The summed E-state index contributed by atoms with van der Waals surface area (Å²) < 4.78 is 23.1. The van der Waals surface area contributed by atoms with Gasteiger partial charge in [-0.2, -0.15) is 5.10 Å². The van der Waals surface area contributed by atoms with Gasteiger partial charge in [0.1, 0.15) is 0 Å². The maximum absolute atomic E-state index is 10.8. The highest BCUT2D eigenvalue weighted by atomic mass is 32.2. The van der Waals surface area contributed by atoms with Crippen LogP contribution >= 0.6 is 0 Å². The van der Waals surface area contributed by atoms with Crippen LogP contribution in [0.2, 0.25) is 0 Å². The molecule has 0 unspecified atom stereocenters. The number of primary sulfonamides is 1. The second-order valence-corrected chi connectivity index (χ2v) is 4.28. The molecular formula is C6H11N3O2S. The molecule has 0 aromatic carbocycles. The number of hydrogen-bond donors (Lipinski definition) is 1. The van der Waals surface area contributed by atoms with Crippen molar-refractivity contribution in [2.75, 3.05) is 0 Å². The van der Waals surface area contributed by atoms with Crippen LogP contribution in [0.4, 0.5) is 0 Å². The Morgan fingerprint density at radius 2 is 2.17 bits per heavy atom. The quantitative estimate of drug-likeness (QED) is 0.717. The number of sulfonamides is 1. The zero-order chi connectivity index (χ0) is 9.35. The van der Waals surface area contributed by atoms with E-state index < -0.39 is 10.0 Å². The lowest BCUT2D eigenvalue weighted by Gasteiger charge is -2.02. The molecule has 0 amide bonds. The Bertz CT molecular complexity index is 366. The highest BCUT2D eigenvalue weighted by Gasteiger charge is 2.11. The van der Waals surface area contributed by atoms with Gasteiger partial charge in [0.2, 0.25) is 0 Å². The third-order valence-corrected chi connectivity index (χ3v) is 2.21. The number of hydrogen-bond acceptors (Lipinski definition) is 3. The molecule has 0 aliphatic rings. The number of nitrogens with zero attached hydrogens (tertiary/aromatic N) is 2. The first-order valence-electron chi connectivity index (χ1n) is 3.49. The van der Waals surface area contributed by atoms with Gasteiger partial charge in [-0.15, -0.1) is 0 Å². The third kappa shape index (κ3) is 1.83. The van der Waals surface area contributed by atoms with Gasteiger partial charge in [-0.25, -0.2) is 13.6 Å². The first kappa shape index (κ1) is 9.21. The fraction of sp³-hybridized carbons (Fsp3) is 0.500. The summed E-state index contributed by atoms with van der Waals surface area (Å²) in [5, 5.41) is 8.56. The summed E-state index contributed by atoms with van der Waals surface area (Å²) >= 11 is 0. The standard InChI is InChI=1S/C6H11N3O2S/c1-5(2)9-4-3-6(8-9)12(7,10)11/h3-5H,1-2H3,(H2,7,10,11). The van der Waals surface area contributed by atoms with Gasteiger partial charge in [-0.05, 0) is 19.9 Å². The summed E-state index contributed by atoms with van der Waals surface area (Å²) in [6.07, 6.45) is 1.59. The second kappa shape index (κ2) is 2.87. The van der Waals surface area contributed by atoms with Gasteiger partial charge in [-0.3, -0.25) is 4.68 Å². The minimum Gasteiger partial charge on any atom is -0.269 e. The van der Waals surface area contributed by atoms with Crippen molar-refractivity contribution >= 4 is 10.0 Å². The lowest BCUT2D eigenvalue weighted by molar-refractivity contribution is 0.516. The molecule has 0 spiro atoms. The van der Waals surface area contributed by atoms with Crippen LogP contribution in [-0.4, -0.2) is 18.2 Å². The van der Waals surface area contributed by atoms with E-state index in [1.54, 1.807) is 10.9 Å². The van der Waals surface area contributed by atoms with E-state index in [0.717, 1.165) is 0 Å². The molecule has 1 aromatic rings. The van der Waals surface area contributed by atoms with Gasteiger partial charge in [0.25, 0.3) is 10.0 Å². The molecule has 1 aromatic heterocycles. The highest BCUT2D eigenvalue weighted by Crippen LogP contribution is 2.06. The molecule has 0 atom stereocenters.